The zero-order valence-electron chi connectivity index (χ0n) is 9.23. The number of nitrogens with two attached hydrogens (primary N) is 1. The fourth-order valence-corrected chi connectivity index (χ4v) is 1.61. The van der Waals surface area contributed by atoms with E-state index in [9.17, 15) is 4.79 Å². The molecule has 1 aromatic carbocycles. The molecule has 0 aromatic heterocycles. The number of hydrogen-bond donors (Lipinski definition) is 2. The Hall–Kier alpha value is -1.20. The molecule has 0 radical (unpaired) electrons. The number of benzene rings is 1. The summed E-state index contributed by atoms with van der Waals surface area (Å²) in [4.78, 5) is 11.5. The molecule has 1 rings (SSSR count). The van der Waals surface area contributed by atoms with Crippen molar-refractivity contribution < 1.29 is 9.53 Å². The van der Waals surface area contributed by atoms with Crippen LogP contribution in [0, 0.1) is 0 Å². The Morgan fingerprint density at radius 3 is 2.69 bits per heavy atom. The van der Waals surface area contributed by atoms with Gasteiger partial charge in [0.15, 0.2) is 0 Å². The molecule has 0 unspecified atom stereocenters. The molecule has 0 bridgehead atoms. The van der Waals surface area contributed by atoms with Crippen LogP contribution >= 0.6 is 11.8 Å². The van der Waals surface area contributed by atoms with Gasteiger partial charge in [-0.15, -0.1) is 11.8 Å². The van der Waals surface area contributed by atoms with Crippen LogP contribution in [-0.2, 0) is 11.3 Å². The molecule has 1 amide bonds. The fraction of sp³-hybridized carbons (Fsp3) is 0.364. The Morgan fingerprint density at radius 1 is 1.44 bits per heavy atom. The molecule has 1 aromatic rings. The van der Waals surface area contributed by atoms with Crippen LogP contribution in [0.1, 0.15) is 5.56 Å². The van der Waals surface area contributed by atoms with E-state index in [4.69, 9.17) is 5.73 Å². The van der Waals surface area contributed by atoms with E-state index in [1.54, 1.807) is 11.8 Å². The predicted molar refractivity (Wildman–Crippen MR) is 65.5 cm³/mol. The lowest BCUT2D eigenvalue weighted by Crippen LogP contribution is -2.23. The summed E-state index contributed by atoms with van der Waals surface area (Å²) in [7, 11) is 0. The predicted octanol–water partition coefficient (Wildman–Crippen LogP) is 1.59. The Kier molecular flexibility index (Phi) is 5.74. The van der Waals surface area contributed by atoms with Crippen LogP contribution < -0.4 is 11.1 Å². The highest BCUT2D eigenvalue weighted by Gasteiger charge is 1.95. The third-order valence-electron chi connectivity index (χ3n) is 2.01. The van der Waals surface area contributed by atoms with Gasteiger partial charge in [-0.05, 0) is 24.0 Å². The van der Waals surface area contributed by atoms with Crippen molar-refractivity contribution >= 4 is 17.9 Å². The summed E-state index contributed by atoms with van der Waals surface area (Å²) in [6, 6.07) is 8.32. The number of hydrogen-bond acceptors (Lipinski definition) is 4. The van der Waals surface area contributed by atoms with Crippen LogP contribution in [0.3, 0.4) is 0 Å². The van der Waals surface area contributed by atoms with Gasteiger partial charge in [-0.25, -0.2) is 4.79 Å². The topological polar surface area (TPSA) is 64.3 Å². The highest BCUT2D eigenvalue weighted by atomic mass is 32.2. The largest absolute Gasteiger partial charge is 0.448 e. The van der Waals surface area contributed by atoms with E-state index < -0.39 is 6.09 Å². The van der Waals surface area contributed by atoms with Crippen molar-refractivity contribution in [3.05, 3.63) is 29.8 Å². The Labute approximate surface area is 99.5 Å². The van der Waals surface area contributed by atoms with Gasteiger partial charge in [0.05, 0.1) is 0 Å². The molecule has 0 saturated carbocycles. The minimum atomic E-state index is -0.730. The maximum Gasteiger partial charge on any atom is 0.404 e. The summed E-state index contributed by atoms with van der Waals surface area (Å²) in [5.74, 6) is 0. The molecule has 0 atom stereocenters. The van der Waals surface area contributed by atoms with E-state index in [0.717, 1.165) is 6.54 Å². The molecule has 0 aliphatic carbocycles. The average Bonchev–Trinajstić information content (AvgIpc) is 2.29. The molecule has 3 N–H and O–H groups in total. The number of nitrogens with one attached hydrogen (secondary N) is 1. The van der Waals surface area contributed by atoms with Crippen LogP contribution in [0.25, 0.3) is 0 Å². The summed E-state index contributed by atoms with van der Waals surface area (Å²) >= 11 is 1.72. The molecule has 0 fully saturated rings. The zero-order chi connectivity index (χ0) is 11.8. The molecule has 0 spiro atoms. The monoisotopic (exact) mass is 240 g/mol. The van der Waals surface area contributed by atoms with Gasteiger partial charge in [0.25, 0.3) is 0 Å². The Balaban J connectivity index is 2.19. The number of thioether (sulfide) groups is 1. The lowest BCUT2D eigenvalue weighted by atomic mass is 10.2. The van der Waals surface area contributed by atoms with E-state index in [0.29, 0.717) is 13.2 Å². The summed E-state index contributed by atoms with van der Waals surface area (Å²) < 4.78 is 4.59. The van der Waals surface area contributed by atoms with Crippen LogP contribution in [0.5, 0.6) is 0 Å². The normalized spacial score (nSPS) is 10.1. The first-order valence-corrected chi connectivity index (χ1v) is 6.20. The lowest BCUT2D eigenvalue weighted by Gasteiger charge is -2.05. The van der Waals surface area contributed by atoms with Gasteiger partial charge in [-0.2, -0.15) is 0 Å². The lowest BCUT2D eigenvalue weighted by molar-refractivity contribution is 0.157. The number of ether oxygens (including phenoxy) is 1. The maximum absolute atomic E-state index is 10.3. The molecule has 5 heteroatoms. The average molecular weight is 240 g/mol. The van der Waals surface area contributed by atoms with Gasteiger partial charge < -0.3 is 15.8 Å². The minimum Gasteiger partial charge on any atom is -0.448 e. The molecular weight excluding hydrogens is 224 g/mol. The zero-order valence-corrected chi connectivity index (χ0v) is 10.0. The van der Waals surface area contributed by atoms with Crippen molar-refractivity contribution in [1.29, 1.82) is 0 Å². The summed E-state index contributed by atoms with van der Waals surface area (Å²) in [6.07, 6.45) is 1.32. The summed E-state index contributed by atoms with van der Waals surface area (Å²) in [6.45, 7) is 1.67. The molecule has 0 aliphatic heterocycles. The first-order chi connectivity index (χ1) is 7.72. The smallest absolute Gasteiger partial charge is 0.404 e. The van der Waals surface area contributed by atoms with Crippen LogP contribution in [-0.4, -0.2) is 25.5 Å². The minimum absolute atomic E-state index is 0.304. The van der Waals surface area contributed by atoms with E-state index in [1.807, 2.05) is 0 Å². The molecule has 0 saturated heterocycles. The molecule has 4 nitrogen and oxygen atoms in total. The van der Waals surface area contributed by atoms with Crippen LogP contribution in [0.15, 0.2) is 29.2 Å². The van der Waals surface area contributed by atoms with E-state index in [2.05, 4.69) is 40.6 Å². The first-order valence-electron chi connectivity index (χ1n) is 4.98. The first kappa shape index (κ1) is 12.9. The van der Waals surface area contributed by atoms with Crippen LogP contribution in [0.4, 0.5) is 4.79 Å². The highest BCUT2D eigenvalue weighted by molar-refractivity contribution is 7.98. The summed E-state index contributed by atoms with van der Waals surface area (Å²) in [5.41, 5.74) is 6.03. The highest BCUT2D eigenvalue weighted by Crippen LogP contribution is 2.14. The van der Waals surface area contributed by atoms with Crippen molar-refractivity contribution in [2.45, 2.75) is 11.4 Å². The molecule has 88 valence electrons. The maximum atomic E-state index is 10.3. The third-order valence-corrected chi connectivity index (χ3v) is 2.75. The second kappa shape index (κ2) is 7.14. The van der Waals surface area contributed by atoms with Crippen molar-refractivity contribution in [3.8, 4) is 0 Å². The third kappa shape index (κ3) is 5.04. The van der Waals surface area contributed by atoms with E-state index in [-0.39, 0.29) is 0 Å². The van der Waals surface area contributed by atoms with Gasteiger partial charge in [-0.3, -0.25) is 0 Å². The number of rotatable bonds is 6. The molecule has 16 heavy (non-hydrogen) atoms. The number of carbonyl (C=O) groups excluding carboxylic acids is 1. The van der Waals surface area contributed by atoms with Gasteiger partial charge >= 0.3 is 6.09 Å². The fourth-order valence-electron chi connectivity index (χ4n) is 1.20. The van der Waals surface area contributed by atoms with Crippen molar-refractivity contribution in [3.63, 3.8) is 0 Å². The standard InChI is InChI=1S/C11H16N2O2S/c1-16-10-4-2-9(3-5-10)8-13-6-7-15-11(12)14/h2-5,13H,6-8H2,1H3,(H2,12,14). The van der Waals surface area contributed by atoms with Crippen molar-refractivity contribution in [2.75, 3.05) is 19.4 Å². The second-order valence-electron chi connectivity index (χ2n) is 3.19. The van der Waals surface area contributed by atoms with Gasteiger partial charge in [0.2, 0.25) is 0 Å². The number of carbonyl (C=O) groups is 1. The number of primary amides is 1. The van der Waals surface area contributed by atoms with Crippen molar-refractivity contribution in [1.82, 2.24) is 5.32 Å². The molecule has 0 aliphatic rings. The Morgan fingerprint density at radius 2 is 2.12 bits per heavy atom. The van der Waals surface area contributed by atoms with E-state index >= 15 is 0 Å². The van der Waals surface area contributed by atoms with E-state index in [1.165, 1.54) is 10.5 Å². The van der Waals surface area contributed by atoms with Gasteiger partial charge in [0.1, 0.15) is 6.61 Å². The molecular formula is C11H16N2O2S. The van der Waals surface area contributed by atoms with Gasteiger partial charge in [-0.1, -0.05) is 12.1 Å². The molecule has 0 heterocycles. The van der Waals surface area contributed by atoms with Crippen LogP contribution in [0.2, 0.25) is 0 Å². The Bertz CT molecular complexity index is 327. The van der Waals surface area contributed by atoms with Crippen molar-refractivity contribution in [2.24, 2.45) is 5.73 Å². The number of amides is 1. The summed E-state index contributed by atoms with van der Waals surface area (Å²) in [5, 5.41) is 3.15. The second-order valence-corrected chi connectivity index (χ2v) is 4.07. The SMILES string of the molecule is CSc1ccc(CNCCOC(N)=O)cc1. The quantitative estimate of drug-likeness (QED) is 0.585. The van der Waals surface area contributed by atoms with Gasteiger partial charge in [0, 0.05) is 18.0 Å².